The number of piperazine rings is 1. The minimum Gasteiger partial charge on any atom is -0.389 e. The second-order valence-corrected chi connectivity index (χ2v) is 5.84. The van der Waals surface area contributed by atoms with Crippen molar-refractivity contribution in [2.45, 2.75) is 19.1 Å². The fourth-order valence-corrected chi connectivity index (χ4v) is 2.82. The summed E-state index contributed by atoms with van der Waals surface area (Å²) in [5.41, 5.74) is 5.87. The van der Waals surface area contributed by atoms with E-state index in [9.17, 15) is 13.2 Å². The smallest absolute Gasteiger partial charge is 0.389 e. The lowest BCUT2D eigenvalue weighted by Gasteiger charge is -2.40. The Morgan fingerprint density at radius 3 is 2.52 bits per heavy atom. The fourth-order valence-electron chi connectivity index (χ4n) is 2.66. The van der Waals surface area contributed by atoms with Crippen LogP contribution in [0.3, 0.4) is 0 Å². The first-order valence-corrected chi connectivity index (χ1v) is 7.07. The minimum absolute atomic E-state index is 0.0118. The van der Waals surface area contributed by atoms with Gasteiger partial charge in [-0.25, -0.2) is 0 Å². The molecular formula is C14H18F3N3S. The maximum Gasteiger partial charge on any atom is 0.416 e. The van der Waals surface area contributed by atoms with E-state index in [1.807, 2.05) is 14.0 Å². The standard InChI is InChI=1S/C14H18F3N3S/c1-9-8-19(2)5-6-20(9)12-4-3-10(14(15,16)17)7-11(12)13(18)21/h3-4,7,9H,5-6,8H2,1-2H3,(H2,18,21). The molecule has 1 unspecified atom stereocenters. The monoisotopic (exact) mass is 317 g/mol. The zero-order valence-electron chi connectivity index (χ0n) is 11.9. The van der Waals surface area contributed by atoms with Crippen LogP contribution in [0.2, 0.25) is 0 Å². The van der Waals surface area contributed by atoms with E-state index >= 15 is 0 Å². The van der Waals surface area contributed by atoms with Crippen LogP contribution in [0.5, 0.6) is 0 Å². The highest BCUT2D eigenvalue weighted by molar-refractivity contribution is 7.80. The number of anilines is 1. The molecule has 0 aliphatic carbocycles. The zero-order chi connectivity index (χ0) is 15.8. The van der Waals surface area contributed by atoms with E-state index < -0.39 is 11.7 Å². The van der Waals surface area contributed by atoms with Gasteiger partial charge in [-0.2, -0.15) is 13.2 Å². The molecule has 1 saturated heterocycles. The molecule has 21 heavy (non-hydrogen) atoms. The number of halogens is 3. The highest BCUT2D eigenvalue weighted by Gasteiger charge is 2.32. The molecule has 0 bridgehead atoms. The Balaban J connectivity index is 2.42. The van der Waals surface area contributed by atoms with Crippen molar-refractivity contribution in [2.24, 2.45) is 5.73 Å². The van der Waals surface area contributed by atoms with Gasteiger partial charge in [0.1, 0.15) is 4.99 Å². The molecule has 1 atom stereocenters. The molecule has 116 valence electrons. The van der Waals surface area contributed by atoms with Gasteiger partial charge in [0.15, 0.2) is 0 Å². The highest BCUT2D eigenvalue weighted by Crippen LogP contribution is 2.33. The van der Waals surface area contributed by atoms with Crippen LogP contribution in [0.15, 0.2) is 18.2 Å². The summed E-state index contributed by atoms with van der Waals surface area (Å²) in [6, 6.07) is 3.79. The van der Waals surface area contributed by atoms with Gasteiger partial charge in [0.25, 0.3) is 0 Å². The van der Waals surface area contributed by atoms with Gasteiger partial charge < -0.3 is 15.5 Å². The molecule has 0 spiro atoms. The molecule has 7 heteroatoms. The molecule has 0 aromatic heterocycles. The third-order valence-electron chi connectivity index (χ3n) is 3.73. The summed E-state index contributed by atoms with van der Waals surface area (Å²) in [4.78, 5) is 4.24. The lowest BCUT2D eigenvalue weighted by Crippen LogP contribution is -2.51. The Morgan fingerprint density at radius 1 is 1.33 bits per heavy atom. The SMILES string of the molecule is CC1CN(C)CCN1c1ccc(C(F)(F)F)cc1C(N)=S. The van der Waals surface area contributed by atoms with E-state index in [1.165, 1.54) is 6.07 Å². The summed E-state index contributed by atoms with van der Waals surface area (Å²) in [7, 11) is 2.02. The molecule has 2 rings (SSSR count). The van der Waals surface area contributed by atoms with Gasteiger partial charge in [0.2, 0.25) is 0 Å². The van der Waals surface area contributed by atoms with Crippen LogP contribution in [-0.2, 0) is 6.18 Å². The first-order chi connectivity index (χ1) is 9.70. The average Bonchev–Trinajstić information content (AvgIpc) is 2.37. The molecule has 0 amide bonds. The van der Waals surface area contributed by atoms with E-state index in [0.717, 1.165) is 31.8 Å². The molecule has 3 nitrogen and oxygen atoms in total. The van der Waals surface area contributed by atoms with Gasteiger partial charge in [-0.1, -0.05) is 12.2 Å². The number of nitrogens with two attached hydrogens (primary N) is 1. The number of hydrogen-bond acceptors (Lipinski definition) is 3. The second-order valence-electron chi connectivity index (χ2n) is 5.40. The Labute approximate surface area is 127 Å². The highest BCUT2D eigenvalue weighted by atomic mass is 32.1. The number of likely N-dealkylation sites (N-methyl/N-ethyl adjacent to an activating group) is 1. The Morgan fingerprint density at radius 2 is 2.00 bits per heavy atom. The lowest BCUT2D eigenvalue weighted by molar-refractivity contribution is -0.137. The van der Waals surface area contributed by atoms with Crippen molar-refractivity contribution in [1.82, 2.24) is 4.90 Å². The first kappa shape index (κ1) is 16.0. The summed E-state index contributed by atoms with van der Waals surface area (Å²) >= 11 is 4.94. The molecular weight excluding hydrogens is 299 g/mol. The molecule has 0 radical (unpaired) electrons. The maximum absolute atomic E-state index is 12.8. The van der Waals surface area contributed by atoms with Crippen molar-refractivity contribution < 1.29 is 13.2 Å². The molecule has 1 aromatic rings. The Kier molecular flexibility index (Phi) is 4.43. The lowest BCUT2D eigenvalue weighted by atomic mass is 10.0. The van der Waals surface area contributed by atoms with Crippen molar-refractivity contribution in [1.29, 1.82) is 0 Å². The summed E-state index contributed by atoms with van der Waals surface area (Å²) < 4.78 is 38.5. The van der Waals surface area contributed by atoms with Crippen molar-refractivity contribution in [3.05, 3.63) is 29.3 Å². The van der Waals surface area contributed by atoms with Crippen molar-refractivity contribution in [3.8, 4) is 0 Å². The molecule has 1 fully saturated rings. The van der Waals surface area contributed by atoms with Crippen LogP contribution in [0.1, 0.15) is 18.1 Å². The summed E-state index contributed by atoms with van der Waals surface area (Å²) in [5.74, 6) is 0. The van der Waals surface area contributed by atoms with Gasteiger partial charge in [0.05, 0.1) is 5.56 Å². The molecule has 1 aliphatic heterocycles. The number of alkyl halides is 3. The van der Waals surface area contributed by atoms with Crippen LogP contribution in [-0.4, -0.2) is 42.6 Å². The van der Waals surface area contributed by atoms with Crippen LogP contribution < -0.4 is 10.6 Å². The predicted octanol–water partition coefficient (Wildman–Crippen LogP) is 2.48. The molecule has 1 aromatic carbocycles. The quantitative estimate of drug-likeness (QED) is 0.850. The van der Waals surface area contributed by atoms with Gasteiger partial charge in [0, 0.05) is 36.9 Å². The Hall–Kier alpha value is -1.34. The topological polar surface area (TPSA) is 32.5 Å². The summed E-state index contributed by atoms with van der Waals surface area (Å²) in [6.45, 7) is 4.47. The molecule has 1 aliphatic rings. The van der Waals surface area contributed by atoms with Crippen LogP contribution in [0.4, 0.5) is 18.9 Å². The first-order valence-electron chi connectivity index (χ1n) is 6.66. The van der Waals surface area contributed by atoms with E-state index in [1.54, 1.807) is 0 Å². The summed E-state index contributed by atoms with van der Waals surface area (Å²) in [5, 5.41) is 0. The number of thiocarbonyl (C=S) groups is 1. The van der Waals surface area contributed by atoms with Gasteiger partial charge >= 0.3 is 6.18 Å². The van der Waals surface area contributed by atoms with Crippen LogP contribution in [0.25, 0.3) is 0 Å². The number of nitrogens with zero attached hydrogens (tertiary/aromatic N) is 2. The average molecular weight is 317 g/mol. The number of benzene rings is 1. The third kappa shape index (κ3) is 3.47. The predicted molar refractivity (Wildman–Crippen MR) is 81.6 cm³/mol. The number of rotatable bonds is 2. The third-order valence-corrected chi connectivity index (χ3v) is 3.95. The van der Waals surface area contributed by atoms with Crippen molar-refractivity contribution in [3.63, 3.8) is 0 Å². The normalized spacial score (nSPS) is 20.6. The van der Waals surface area contributed by atoms with Crippen LogP contribution in [0, 0.1) is 0 Å². The molecule has 2 N–H and O–H groups in total. The van der Waals surface area contributed by atoms with Crippen molar-refractivity contribution >= 4 is 22.9 Å². The minimum atomic E-state index is -4.40. The Bertz CT molecular complexity index is 545. The van der Waals surface area contributed by atoms with E-state index in [4.69, 9.17) is 18.0 Å². The molecule has 0 saturated carbocycles. The molecule has 1 heterocycles. The summed E-state index contributed by atoms with van der Waals surface area (Å²) in [6.07, 6.45) is -4.40. The number of hydrogen-bond donors (Lipinski definition) is 1. The van der Waals surface area contributed by atoms with Gasteiger partial charge in [-0.3, -0.25) is 0 Å². The van der Waals surface area contributed by atoms with E-state index in [0.29, 0.717) is 5.69 Å². The van der Waals surface area contributed by atoms with Crippen LogP contribution >= 0.6 is 12.2 Å². The van der Waals surface area contributed by atoms with Crippen molar-refractivity contribution in [2.75, 3.05) is 31.6 Å². The van der Waals surface area contributed by atoms with E-state index in [2.05, 4.69) is 9.80 Å². The fraction of sp³-hybridized carbons (Fsp3) is 0.500. The van der Waals surface area contributed by atoms with Gasteiger partial charge in [-0.15, -0.1) is 0 Å². The largest absolute Gasteiger partial charge is 0.416 e. The van der Waals surface area contributed by atoms with Gasteiger partial charge in [-0.05, 0) is 32.2 Å². The maximum atomic E-state index is 12.8. The second kappa shape index (κ2) is 5.81. The zero-order valence-corrected chi connectivity index (χ0v) is 12.8. The van der Waals surface area contributed by atoms with E-state index in [-0.39, 0.29) is 16.6 Å².